The molecule has 0 aliphatic carbocycles. The van der Waals surface area contributed by atoms with Gasteiger partial charge in [-0.25, -0.2) is 0 Å². The average Bonchev–Trinajstić information content (AvgIpc) is 2.92. The van der Waals surface area contributed by atoms with Gasteiger partial charge in [0.25, 0.3) is 11.8 Å². The predicted molar refractivity (Wildman–Crippen MR) is 138 cm³/mol. The lowest BCUT2D eigenvalue weighted by Gasteiger charge is -2.18. The van der Waals surface area contributed by atoms with Gasteiger partial charge in [-0.2, -0.15) is 5.26 Å². The van der Waals surface area contributed by atoms with Crippen molar-refractivity contribution in [1.29, 1.82) is 5.26 Å². The van der Waals surface area contributed by atoms with Crippen molar-refractivity contribution in [1.82, 2.24) is 0 Å². The quantitative estimate of drug-likeness (QED) is 0.330. The molecule has 0 spiro atoms. The van der Waals surface area contributed by atoms with Crippen molar-refractivity contribution < 1.29 is 28.5 Å². The molecule has 0 unspecified atom stereocenters. The number of hydrogen-bond acceptors (Lipinski definition) is 7. The number of carbonyl (C=O) groups excluding carboxylic acids is 2. The number of ether oxygens (including phenoxy) is 4. The van der Waals surface area contributed by atoms with Gasteiger partial charge >= 0.3 is 0 Å². The highest BCUT2D eigenvalue weighted by Crippen LogP contribution is 2.33. The Hall–Kier alpha value is -4.97. The molecule has 188 valence electrons. The van der Waals surface area contributed by atoms with E-state index in [0.29, 0.717) is 59.8 Å². The summed E-state index contributed by atoms with van der Waals surface area (Å²) in [6.07, 6.45) is 1.45. The molecule has 2 N–H and O–H groups in total. The van der Waals surface area contributed by atoms with Crippen LogP contribution in [0.4, 0.5) is 11.4 Å². The number of carbonyl (C=O) groups is 2. The van der Waals surface area contributed by atoms with Crippen LogP contribution in [-0.2, 0) is 9.59 Å². The highest BCUT2D eigenvalue weighted by molar-refractivity contribution is 6.09. The number of hydrogen-bond donors (Lipinski definition) is 2. The minimum absolute atomic E-state index is 0.103. The number of rotatable bonds is 9. The Bertz CT molecular complexity index is 1350. The van der Waals surface area contributed by atoms with Crippen molar-refractivity contribution in [3.8, 4) is 29.1 Å². The Morgan fingerprint density at radius 1 is 0.919 bits per heavy atom. The third-order valence-electron chi connectivity index (χ3n) is 5.16. The van der Waals surface area contributed by atoms with Crippen LogP contribution in [0.15, 0.2) is 72.3 Å². The van der Waals surface area contributed by atoms with Crippen LogP contribution in [0.3, 0.4) is 0 Å². The van der Waals surface area contributed by atoms with Crippen molar-refractivity contribution in [3.63, 3.8) is 0 Å². The van der Waals surface area contributed by atoms with E-state index in [1.54, 1.807) is 48.5 Å². The summed E-state index contributed by atoms with van der Waals surface area (Å²) in [5, 5.41) is 15.0. The largest absolute Gasteiger partial charge is 0.490 e. The summed E-state index contributed by atoms with van der Waals surface area (Å²) in [6, 6.07) is 20.9. The average molecular weight is 500 g/mol. The molecular formula is C28H25N3O6. The molecule has 0 aromatic heterocycles. The molecule has 37 heavy (non-hydrogen) atoms. The summed E-state index contributed by atoms with van der Waals surface area (Å²) in [5.41, 5.74) is 1.59. The topological polar surface area (TPSA) is 119 Å². The van der Waals surface area contributed by atoms with Crippen LogP contribution in [0.2, 0.25) is 0 Å². The Labute approximate surface area is 214 Å². The zero-order valence-electron chi connectivity index (χ0n) is 20.2. The van der Waals surface area contributed by atoms with Crippen molar-refractivity contribution in [2.75, 3.05) is 37.1 Å². The van der Waals surface area contributed by atoms with Crippen LogP contribution in [-0.4, -0.2) is 38.2 Å². The maximum Gasteiger partial charge on any atom is 0.266 e. The minimum atomic E-state index is -0.574. The first kappa shape index (κ1) is 25.1. The highest BCUT2D eigenvalue weighted by atomic mass is 16.6. The second kappa shape index (κ2) is 12.1. The predicted octanol–water partition coefficient (Wildman–Crippen LogP) is 4.42. The molecule has 0 bridgehead atoms. The summed E-state index contributed by atoms with van der Waals surface area (Å²) in [6.45, 7) is 2.85. The number of nitrogens with one attached hydrogen (secondary N) is 2. The van der Waals surface area contributed by atoms with E-state index < -0.39 is 5.91 Å². The van der Waals surface area contributed by atoms with E-state index >= 15 is 0 Å². The second-order valence-corrected chi connectivity index (χ2v) is 7.82. The van der Waals surface area contributed by atoms with Gasteiger partial charge < -0.3 is 29.6 Å². The lowest BCUT2D eigenvalue weighted by Crippen LogP contribution is -2.20. The summed E-state index contributed by atoms with van der Waals surface area (Å²) >= 11 is 0. The second-order valence-electron chi connectivity index (χ2n) is 7.82. The molecule has 1 aliphatic rings. The molecule has 0 saturated carbocycles. The van der Waals surface area contributed by atoms with E-state index in [0.717, 1.165) is 0 Å². The summed E-state index contributed by atoms with van der Waals surface area (Å²) in [4.78, 5) is 25.0. The van der Waals surface area contributed by atoms with E-state index in [9.17, 15) is 14.9 Å². The molecule has 9 nitrogen and oxygen atoms in total. The van der Waals surface area contributed by atoms with E-state index in [-0.39, 0.29) is 18.1 Å². The molecule has 0 radical (unpaired) electrons. The number of nitrogens with zero attached hydrogens (tertiary/aromatic N) is 1. The van der Waals surface area contributed by atoms with E-state index in [1.807, 2.05) is 31.2 Å². The molecule has 9 heteroatoms. The van der Waals surface area contributed by atoms with Crippen LogP contribution < -0.4 is 29.6 Å². The lowest BCUT2D eigenvalue weighted by molar-refractivity contribution is -0.118. The van der Waals surface area contributed by atoms with Crippen LogP contribution in [0.5, 0.6) is 23.0 Å². The van der Waals surface area contributed by atoms with Crippen LogP contribution >= 0.6 is 0 Å². The summed E-state index contributed by atoms with van der Waals surface area (Å²) in [5.74, 6) is 0.981. The molecule has 3 aromatic rings. The zero-order chi connectivity index (χ0) is 26.0. The summed E-state index contributed by atoms with van der Waals surface area (Å²) < 4.78 is 22.3. The fourth-order valence-electron chi connectivity index (χ4n) is 3.50. The maximum absolute atomic E-state index is 12.7. The van der Waals surface area contributed by atoms with E-state index in [2.05, 4.69) is 10.6 Å². The fraction of sp³-hybridized carbons (Fsp3) is 0.179. The van der Waals surface area contributed by atoms with Crippen molar-refractivity contribution in [3.05, 3.63) is 77.9 Å². The zero-order valence-corrected chi connectivity index (χ0v) is 20.2. The first-order chi connectivity index (χ1) is 18.1. The standard InChI is InChI=1S/C28H25N3O6/c1-2-34-25-15-19(8-10-24(25)37-18-27(32)30-21-6-4-3-5-7-21)14-20(17-29)28(33)31-22-9-11-23-26(16-22)36-13-12-35-23/h3-11,14-16H,2,12-13,18H2,1H3,(H,30,32)(H,31,33)/b20-14+. The Balaban J connectivity index is 1.44. The summed E-state index contributed by atoms with van der Waals surface area (Å²) in [7, 11) is 0. The first-order valence-electron chi connectivity index (χ1n) is 11.6. The van der Waals surface area contributed by atoms with Gasteiger partial charge in [0.2, 0.25) is 0 Å². The molecule has 1 aliphatic heterocycles. The normalized spacial score (nSPS) is 12.2. The van der Waals surface area contributed by atoms with Gasteiger partial charge in [0.15, 0.2) is 29.6 Å². The number of benzene rings is 3. The molecule has 3 aromatic carbocycles. The molecule has 1 heterocycles. The van der Waals surface area contributed by atoms with Crippen molar-refractivity contribution in [2.45, 2.75) is 6.92 Å². The van der Waals surface area contributed by atoms with E-state index in [1.165, 1.54) is 6.08 Å². The number of para-hydroxylation sites is 1. The van der Waals surface area contributed by atoms with Crippen LogP contribution in [0.25, 0.3) is 6.08 Å². The molecule has 0 atom stereocenters. The Kier molecular flexibility index (Phi) is 8.24. The van der Waals surface area contributed by atoms with Gasteiger partial charge in [-0.15, -0.1) is 0 Å². The Morgan fingerprint density at radius 2 is 1.70 bits per heavy atom. The molecular weight excluding hydrogens is 474 g/mol. The van der Waals surface area contributed by atoms with Crippen molar-refractivity contribution >= 4 is 29.3 Å². The molecule has 0 saturated heterocycles. The lowest BCUT2D eigenvalue weighted by atomic mass is 10.1. The third kappa shape index (κ3) is 6.80. The maximum atomic E-state index is 12.7. The number of nitriles is 1. The van der Waals surface area contributed by atoms with Gasteiger partial charge in [-0.1, -0.05) is 24.3 Å². The van der Waals surface area contributed by atoms with Crippen molar-refractivity contribution in [2.24, 2.45) is 0 Å². The van der Waals surface area contributed by atoms with E-state index in [4.69, 9.17) is 18.9 Å². The van der Waals surface area contributed by atoms with Gasteiger partial charge in [-0.3, -0.25) is 9.59 Å². The fourth-order valence-corrected chi connectivity index (χ4v) is 3.50. The Morgan fingerprint density at radius 3 is 2.46 bits per heavy atom. The third-order valence-corrected chi connectivity index (χ3v) is 5.16. The SMILES string of the molecule is CCOc1cc(/C=C(\C#N)C(=O)Nc2ccc3c(c2)OCCO3)ccc1OCC(=O)Nc1ccccc1. The first-order valence-corrected chi connectivity index (χ1v) is 11.6. The number of amides is 2. The van der Waals surface area contributed by atoms with Gasteiger partial charge in [-0.05, 0) is 55.0 Å². The van der Waals surface area contributed by atoms with Gasteiger partial charge in [0, 0.05) is 17.4 Å². The van der Waals surface area contributed by atoms with Gasteiger partial charge in [0.1, 0.15) is 24.9 Å². The molecule has 2 amide bonds. The van der Waals surface area contributed by atoms with Crippen LogP contribution in [0, 0.1) is 11.3 Å². The molecule has 4 rings (SSSR count). The smallest absolute Gasteiger partial charge is 0.266 e. The monoisotopic (exact) mass is 499 g/mol. The minimum Gasteiger partial charge on any atom is -0.490 e. The van der Waals surface area contributed by atoms with Gasteiger partial charge in [0.05, 0.1) is 6.61 Å². The molecule has 0 fully saturated rings. The highest BCUT2D eigenvalue weighted by Gasteiger charge is 2.15. The number of fused-ring (bicyclic) bond motifs is 1. The number of anilines is 2. The van der Waals surface area contributed by atoms with Crippen LogP contribution in [0.1, 0.15) is 12.5 Å².